The molecule has 0 saturated heterocycles. The highest BCUT2D eigenvalue weighted by Gasteiger charge is 2.33. The number of rotatable bonds is 6. The second kappa shape index (κ2) is 7.80. The van der Waals surface area contributed by atoms with Gasteiger partial charge in [-0.2, -0.15) is 0 Å². The van der Waals surface area contributed by atoms with E-state index in [1.807, 2.05) is 52.1 Å². The topological polar surface area (TPSA) is 75.9 Å². The second-order valence-electron chi connectivity index (χ2n) is 7.35. The van der Waals surface area contributed by atoms with Crippen LogP contribution in [0.3, 0.4) is 0 Å². The van der Waals surface area contributed by atoms with Crippen molar-refractivity contribution in [3.8, 4) is 11.4 Å². The quantitative estimate of drug-likeness (QED) is 0.702. The Kier molecular flexibility index (Phi) is 5.06. The molecule has 2 aromatic heterocycles. The average Bonchev–Trinajstić information content (AvgIpc) is 3.42. The van der Waals surface area contributed by atoms with Gasteiger partial charge in [-0.15, -0.1) is 10.2 Å². The molecule has 2 amide bonds. The fraction of sp³-hybridized carbons (Fsp3) is 0.333. The van der Waals surface area contributed by atoms with E-state index in [4.69, 9.17) is 0 Å². The number of urea groups is 1. The van der Waals surface area contributed by atoms with Crippen molar-refractivity contribution in [1.29, 1.82) is 0 Å². The highest BCUT2D eigenvalue weighted by atomic mass is 16.2. The van der Waals surface area contributed by atoms with Gasteiger partial charge in [0, 0.05) is 36.6 Å². The number of hydrogen-bond acceptors (Lipinski definition) is 4. The van der Waals surface area contributed by atoms with Crippen molar-refractivity contribution in [1.82, 2.24) is 24.6 Å². The van der Waals surface area contributed by atoms with Crippen LogP contribution in [-0.2, 0) is 6.54 Å². The van der Waals surface area contributed by atoms with E-state index in [1.54, 1.807) is 12.5 Å². The summed E-state index contributed by atoms with van der Waals surface area (Å²) in [7, 11) is 0. The van der Waals surface area contributed by atoms with Gasteiger partial charge < -0.3 is 14.8 Å². The van der Waals surface area contributed by atoms with Gasteiger partial charge in [0.05, 0.1) is 5.69 Å². The van der Waals surface area contributed by atoms with Gasteiger partial charge in [0.2, 0.25) is 0 Å². The van der Waals surface area contributed by atoms with Gasteiger partial charge in [-0.25, -0.2) is 4.79 Å². The summed E-state index contributed by atoms with van der Waals surface area (Å²) < 4.78 is 2.00. The Bertz CT molecular complexity index is 948. The third-order valence-corrected chi connectivity index (χ3v) is 4.86. The van der Waals surface area contributed by atoms with Crippen molar-refractivity contribution in [2.75, 3.05) is 5.32 Å². The largest absolute Gasteiger partial charge is 0.322 e. The molecule has 2 heterocycles. The van der Waals surface area contributed by atoms with Crippen LogP contribution in [-0.4, -0.2) is 36.7 Å². The second-order valence-corrected chi connectivity index (χ2v) is 7.35. The molecule has 144 valence electrons. The number of carbonyl (C=O) groups excluding carboxylic acids is 1. The third kappa shape index (κ3) is 3.88. The molecule has 0 radical (unpaired) electrons. The van der Waals surface area contributed by atoms with Gasteiger partial charge >= 0.3 is 6.03 Å². The van der Waals surface area contributed by atoms with E-state index in [1.165, 1.54) is 0 Å². The number of anilines is 1. The predicted octanol–water partition coefficient (Wildman–Crippen LogP) is 4.12. The normalized spacial score (nSPS) is 13.5. The summed E-state index contributed by atoms with van der Waals surface area (Å²) in [6.07, 6.45) is 7.35. The lowest BCUT2D eigenvalue weighted by Crippen LogP contribution is -2.36. The van der Waals surface area contributed by atoms with E-state index in [-0.39, 0.29) is 18.1 Å². The molecule has 0 atom stereocenters. The number of carbonyl (C=O) groups is 1. The average molecular weight is 376 g/mol. The summed E-state index contributed by atoms with van der Waals surface area (Å²) in [5, 5.41) is 11.4. The monoisotopic (exact) mass is 376 g/mol. The maximum Gasteiger partial charge on any atom is 0.322 e. The lowest BCUT2D eigenvalue weighted by molar-refractivity contribution is 0.206. The standard InChI is InChI=1S/C21H24N6O/c1-15(2)27-14-23-25-20(27)18-7-3-4-8-19(18)24-21(28)26(17-9-10-17)13-16-6-5-11-22-12-16/h3-8,11-12,14-15,17H,9-10,13H2,1-2H3,(H,24,28). The molecule has 4 rings (SSSR count). The Balaban J connectivity index is 1.58. The minimum absolute atomic E-state index is 0.102. The van der Waals surface area contributed by atoms with Crippen LogP contribution in [0.15, 0.2) is 55.1 Å². The number of amides is 2. The molecule has 0 aliphatic heterocycles. The molecule has 1 saturated carbocycles. The molecule has 7 nitrogen and oxygen atoms in total. The maximum atomic E-state index is 13.1. The maximum absolute atomic E-state index is 13.1. The van der Waals surface area contributed by atoms with Crippen molar-refractivity contribution in [3.05, 3.63) is 60.7 Å². The Hall–Kier alpha value is -3.22. The molecule has 0 spiro atoms. The highest BCUT2D eigenvalue weighted by Crippen LogP contribution is 2.31. The fourth-order valence-corrected chi connectivity index (χ4v) is 3.23. The number of benzene rings is 1. The van der Waals surface area contributed by atoms with Crippen LogP contribution in [0.25, 0.3) is 11.4 Å². The minimum atomic E-state index is -0.102. The number of nitrogens with zero attached hydrogens (tertiary/aromatic N) is 5. The summed E-state index contributed by atoms with van der Waals surface area (Å²) in [6.45, 7) is 4.71. The van der Waals surface area contributed by atoms with E-state index >= 15 is 0 Å². The minimum Gasteiger partial charge on any atom is -0.317 e. The van der Waals surface area contributed by atoms with Crippen LogP contribution < -0.4 is 5.32 Å². The molecule has 0 unspecified atom stereocenters. The van der Waals surface area contributed by atoms with Crippen LogP contribution in [0.4, 0.5) is 10.5 Å². The smallest absolute Gasteiger partial charge is 0.317 e. The van der Waals surface area contributed by atoms with Crippen LogP contribution in [0.2, 0.25) is 0 Å². The number of para-hydroxylation sites is 1. The van der Waals surface area contributed by atoms with E-state index in [0.717, 1.165) is 35.5 Å². The number of aromatic nitrogens is 4. The van der Waals surface area contributed by atoms with E-state index in [0.29, 0.717) is 6.54 Å². The summed E-state index contributed by atoms with van der Waals surface area (Å²) in [6, 6.07) is 12.0. The molecule has 1 aromatic carbocycles. The SMILES string of the molecule is CC(C)n1cnnc1-c1ccccc1NC(=O)N(Cc1cccnc1)C1CC1. The van der Waals surface area contributed by atoms with Gasteiger partial charge in [0.15, 0.2) is 5.82 Å². The highest BCUT2D eigenvalue weighted by molar-refractivity contribution is 5.94. The first kappa shape index (κ1) is 18.2. The molecule has 3 aromatic rings. The van der Waals surface area contributed by atoms with Gasteiger partial charge in [-0.05, 0) is 50.5 Å². The number of pyridine rings is 1. The Morgan fingerprint density at radius 3 is 2.79 bits per heavy atom. The molecule has 28 heavy (non-hydrogen) atoms. The van der Waals surface area contributed by atoms with Gasteiger partial charge in [0.1, 0.15) is 6.33 Å². The van der Waals surface area contributed by atoms with Crippen molar-refractivity contribution in [2.24, 2.45) is 0 Å². The van der Waals surface area contributed by atoms with E-state index in [2.05, 4.69) is 34.3 Å². The molecular weight excluding hydrogens is 352 g/mol. The summed E-state index contributed by atoms with van der Waals surface area (Å²) in [4.78, 5) is 19.1. The third-order valence-electron chi connectivity index (χ3n) is 4.86. The van der Waals surface area contributed by atoms with Crippen LogP contribution in [0, 0.1) is 0 Å². The zero-order valence-corrected chi connectivity index (χ0v) is 16.1. The molecular formula is C21H24N6O. The van der Waals surface area contributed by atoms with Gasteiger partial charge in [-0.3, -0.25) is 4.98 Å². The Labute approximate surface area is 164 Å². The van der Waals surface area contributed by atoms with Crippen molar-refractivity contribution >= 4 is 11.7 Å². The zero-order valence-electron chi connectivity index (χ0n) is 16.1. The molecule has 1 N–H and O–H groups in total. The summed E-state index contributed by atoms with van der Waals surface area (Å²) in [5.41, 5.74) is 2.62. The van der Waals surface area contributed by atoms with Crippen LogP contribution in [0.1, 0.15) is 38.3 Å². The van der Waals surface area contributed by atoms with Crippen LogP contribution in [0.5, 0.6) is 0 Å². The van der Waals surface area contributed by atoms with Crippen molar-refractivity contribution < 1.29 is 4.79 Å². The molecule has 1 aliphatic rings. The fourth-order valence-electron chi connectivity index (χ4n) is 3.23. The predicted molar refractivity (Wildman–Crippen MR) is 108 cm³/mol. The Morgan fingerprint density at radius 1 is 1.25 bits per heavy atom. The number of nitrogens with one attached hydrogen (secondary N) is 1. The first-order valence-corrected chi connectivity index (χ1v) is 9.59. The van der Waals surface area contributed by atoms with E-state index in [9.17, 15) is 4.79 Å². The first-order chi connectivity index (χ1) is 13.6. The van der Waals surface area contributed by atoms with Gasteiger partial charge in [-0.1, -0.05) is 18.2 Å². The van der Waals surface area contributed by atoms with E-state index < -0.39 is 0 Å². The molecule has 1 fully saturated rings. The first-order valence-electron chi connectivity index (χ1n) is 9.59. The van der Waals surface area contributed by atoms with Crippen molar-refractivity contribution in [3.63, 3.8) is 0 Å². The number of hydrogen-bond donors (Lipinski definition) is 1. The molecule has 7 heteroatoms. The Morgan fingerprint density at radius 2 is 2.07 bits per heavy atom. The lowest BCUT2D eigenvalue weighted by atomic mass is 10.1. The van der Waals surface area contributed by atoms with Gasteiger partial charge in [0.25, 0.3) is 0 Å². The summed E-state index contributed by atoms with van der Waals surface area (Å²) >= 11 is 0. The van der Waals surface area contributed by atoms with Crippen LogP contribution >= 0.6 is 0 Å². The lowest BCUT2D eigenvalue weighted by Gasteiger charge is -2.23. The molecule has 0 bridgehead atoms. The van der Waals surface area contributed by atoms with Crippen molar-refractivity contribution in [2.45, 2.75) is 45.3 Å². The zero-order chi connectivity index (χ0) is 19.5. The summed E-state index contributed by atoms with van der Waals surface area (Å²) in [5.74, 6) is 0.746. The molecule has 1 aliphatic carbocycles.